The molecular weight excluding hydrogens is 289 g/mol. The largest absolute Gasteiger partial charge is 0.411 e. The highest BCUT2D eigenvalue weighted by atomic mass is 35.5. The maximum Gasteiger partial charge on any atom is 0.411 e. The standard InChI is InChI=1S/C10H10ClF3N2O3/c11-7-1-2-8(9(5-7)16(17)18)15-3-4-19-6-10(12,13)14/h1-2,5,15H,3-4,6H2. The molecule has 106 valence electrons. The van der Waals surface area contributed by atoms with E-state index in [0.29, 0.717) is 0 Å². The molecular formula is C10H10ClF3N2O3. The molecule has 0 spiro atoms. The van der Waals surface area contributed by atoms with E-state index in [9.17, 15) is 23.3 Å². The van der Waals surface area contributed by atoms with Crippen molar-refractivity contribution in [2.75, 3.05) is 25.1 Å². The first kappa shape index (κ1) is 15.5. The highest BCUT2D eigenvalue weighted by Crippen LogP contribution is 2.27. The first-order chi connectivity index (χ1) is 8.79. The van der Waals surface area contributed by atoms with Gasteiger partial charge in [-0.2, -0.15) is 13.2 Å². The van der Waals surface area contributed by atoms with Crippen LogP contribution >= 0.6 is 11.6 Å². The van der Waals surface area contributed by atoms with Crippen molar-refractivity contribution in [2.45, 2.75) is 6.18 Å². The molecule has 0 radical (unpaired) electrons. The van der Waals surface area contributed by atoms with Gasteiger partial charge in [-0.25, -0.2) is 0 Å². The number of nitrogens with zero attached hydrogens (tertiary/aromatic N) is 1. The summed E-state index contributed by atoms with van der Waals surface area (Å²) in [6.45, 7) is -1.56. The minimum atomic E-state index is -4.38. The minimum Gasteiger partial charge on any atom is -0.377 e. The summed E-state index contributed by atoms with van der Waals surface area (Å²) >= 11 is 5.61. The maximum atomic E-state index is 11.8. The summed E-state index contributed by atoms with van der Waals surface area (Å²) in [6, 6.07) is 3.97. The van der Waals surface area contributed by atoms with E-state index >= 15 is 0 Å². The average Bonchev–Trinajstić information content (AvgIpc) is 2.28. The number of nitro benzene ring substituents is 1. The third-order valence-electron chi connectivity index (χ3n) is 1.98. The average molecular weight is 299 g/mol. The number of halogens is 4. The lowest BCUT2D eigenvalue weighted by atomic mass is 10.2. The molecule has 0 aliphatic rings. The number of alkyl halides is 3. The van der Waals surface area contributed by atoms with Gasteiger partial charge in [-0.1, -0.05) is 11.6 Å². The topological polar surface area (TPSA) is 64.4 Å². The summed E-state index contributed by atoms with van der Waals surface area (Å²) in [7, 11) is 0. The van der Waals surface area contributed by atoms with E-state index in [4.69, 9.17) is 11.6 Å². The molecule has 1 rings (SSSR count). The second kappa shape index (κ2) is 6.58. The zero-order valence-corrected chi connectivity index (χ0v) is 10.3. The van der Waals surface area contributed by atoms with E-state index in [0.717, 1.165) is 6.07 Å². The Bertz CT molecular complexity index is 454. The third-order valence-corrected chi connectivity index (χ3v) is 2.22. The smallest absolute Gasteiger partial charge is 0.377 e. The van der Waals surface area contributed by atoms with Crippen molar-refractivity contribution >= 4 is 23.0 Å². The molecule has 0 saturated heterocycles. The summed E-state index contributed by atoms with van der Waals surface area (Å²) in [5.74, 6) is 0. The Morgan fingerprint density at radius 2 is 2.11 bits per heavy atom. The van der Waals surface area contributed by atoms with Gasteiger partial charge in [0.2, 0.25) is 0 Å². The summed E-state index contributed by atoms with van der Waals surface area (Å²) in [4.78, 5) is 10.1. The summed E-state index contributed by atoms with van der Waals surface area (Å²) in [5, 5.41) is 13.5. The number of benzene rings is 1. The fourth-order valence-corrected chi connectivity index (χ4v) is 1.42. The van der Waals surface area contributed by atoms with Crippen LogP contribution in [0.25, 0.3) is 0 Å². The van der Waals surface area contributed by atoms with E-state index in [1.807, 2.05) is 0 Å². The molecule has 0 atom stereocenters. The highest BCUT2D eigenvalue weighted by Gasteiger charge is 2.27. The molecule has 5 nitrogen and oxygen atoms in total. The van der Waals surface area contributed by atoms with Crippen molar-refractivity contribution in [3.63, 3.8) is 0 Å². The Morgan fingerprint density at radius 1 is 1.42 bits per heavy atom. The third kappa shape index (κ3) is 5.75. The molecule has 0 saturated carbocycles. The molecule has 19 heavy (non-hydrogen) atoms. The Morgan fingerprint density at radius 3 is 2.68 bits per heavy atom. The van der Waals surface area contributed by atoms with Crippen molar-refractivity contribution in [1.82, 2.24) is 0 Å². The van der Waals surface area contributed by atoms with Crippen LogP contribution in [0.5, 0.6) is 0 Å². The van der Waals surface area contributed by atoms with E-state index in [1.54, 1.807) is 0 Å². The number of nitrogens with one attached hydrogen (secondary N) is 1. The number of nitro groups is 1. The van der Waals surface area contributed by atoms with Crippen LogP contribution in [0.2, 0.25) is 5.02 Å². The van der Waals surface area contributed by atoms with Gasteiger partial charge >= 0.3 is 6.18 Å². The first-order valence-electron chi connectivity index (χ1n) is 5.12. The second-order valence-corrected chi connectivity index (χ2v) is 3.95. The normalized spacial score (nSPS) is 11.4. The number of anilines is 1. The first-order valence-corrected chi connectivity index (χ1v) is 5.50. The van der Waals surface area contributed by atoms with Crippen molar-refractivity contribution in [2.24, 2.45) is 0 Å². The van der Waals surface area contributed by atoms with Crippen LogP contribution in [0.3, 0.4) is 0 Å². The van der Waals surface area contributed by atoms with Crippen LogP contribution in [-0.2, 0) is 4.74 Å². The SMILES string of the molecule is O=[N+]([O-])c1cc(Cl)ccc1NCCOCC(F)(F)F. The molecule has 1 aromatic rings. The zero-order valence-electron chi connectivity index (χ0n) is 9.54. The van der Waals surface area contributed by atoms with Crippen LogP contribution < -0.4 is 5.32 Å². The van der Waals surface area contributed by atoms with Gasteiger partial charge in [0.05, 0.1) is 11.5 Å². The zero-order chi connectivity index (χ0) is 14.5. The molecule has 9 heteroatoms. The Balaban J connectivity index is 2.47. The number of rotatable bonds is 6. The van der Waals surface area contributed by atoms with E-state index in [1.165, 1.54) is 12.1 Å². The van der Waals surface area contributed by atoms with Crippen molar-refractivity contribution in [1.29, 1.82) is 0 Å². The summed E-state index contributed by atoms with van der Waals surface area (Å²) in [5.41, 5.74) is -0.0756. The van der Waals surface area contributed by atoms with Crippen LogP contribution in [-0.4, -0.2) is 30.9 Å². The molecule has 0 amide bonds. The predicted molar refractivity (Wildman–Crippen MR) is 63.5 cm³/mol. The minimum absolute atomic E-state index is 0.0125. The van der Waals surface area contributed by atoms with Gasteiger partial charge in [0.25, 0.3) is 5.69 Å². The van der Waals surface area contributed by atoms with Gasteiger partial charge in [-0.05, 0) is 12.1 Å². The lowest BCUT2D eigenvalue weighted by molar-refractivity contribution is -0.383. The van der Waals surface area contributed by atoms with Crippen molar-refractivity contribution < 1.29 is 22.8 Å². The molecule has 0 aliphatic carbocycles. The Labute approximate surface area is 111 Å². The molecule has 0 aromatic heterocycles. The van der Waals surface area contributed by atoms with Crippen LogP contribution in [0.1, 0.15) is 0 Å². The van der Waals surface area contributed by atoms with Gasteiger partial charge in [0.15, 0.2) is 0 Å². The van der Waals surface area contributed by atoms with Gasteiger partial charge in [0, 0.05) is 17.6 Å². The van der Waals surface area contributed by atoms with E-state index in [-0.39, 0.29) is 29.5 Å². The molecule has 1 N–H and O–H groups in total. The quantitative estimate of drug-likeness (QED) is 0.497. The Hall–Kier alpha value is -1.54. The van der Waals surface area contributed by atoms with Gasteiger partial charge < -0.3 is 10.1 Å². The predicted octanol–water partition coefficient (Wildman–Crippen LogP) is 3.24. The molecule has 0 heterocycles. The highest BCUT2D eigenvalue weighted by molar-refractivity contribution is 6.30. The van der Waals surface area contributed by atoms with Gasteiger partial charge in [-0.3, -0.25) is 10.1 Å². The second-order valence-electron chi connectivity index (χ2n) is 3.51. The van der Waals surface area contributed by atoms with Crippen LogP contribution in [0.15, 0.2) is 18.2 Å². The number of hydrogen-bond donors (Lipinski definition) is 1. The molecule has 0 unspecified atom stereocenters. The van der Waals surface area contributed by atoms with Crippen molar-refractivity contribution in [3.8, 4) is 0 Å². The number of ether oxygens (including phenoxy) is 1. The fourth-order valence-electron chi connectivity index (χ4n) is 1.25. The monoisotopic (exact) mass is 298 g/mol. The molecule has 1 aromatic carbocycles. The Kier molecular flexibility index (Phi) is 5.37. The van der Waals surface area contributed by atoms with Crippen molar-refractivity contribution in [3.05, 3.63) is 33.3 Å². The molecule has 0 bridgehead atoms. The van der Waals surface area contributed by atoms with Gasteiger partial charge in [-0.15, -0.1) is 0 Å². The number of hydrogen-bond acceptors (Lipinski definition) is 4. The fraction of sp³-hybridized carbons (Fsp3) is 0.400. The summed E-state index contributed by atoms with van der Waals surface area (Å²) in [6.07, 6.45) is -4.38. The summed E-state index contributed by atoms with van der Waals surface area (Å²) < 4.78 is 39.7. The lowest BCUT2D eigenvalue weighted by Crippen LogP contribution is -2.20. The van der Waals surface area contributed by atoms with Crippen LogP contribution in [0, 0.1) is 10.1 Å². The molecule has 0 aliphatic heterocycles. The van der Waals surface area contributed by atoms with Crippen LogP contribution in [0.4, 0.5) is 24.5 Å². The molecule has 0 fully saturated rings. The lowest BCUT2D eigenvalue weighted by Gasteiger charge is -2.09. The van der Waals surface area contributed by atoms with E-state index in [2.05, 4.69) is 10.1 Å². The van der Waals surface area contributed by atoms with E-state index < -0.39 is 17.7 Å². The maximum absolute atomic E-state index is 11.8. The van der Waals surface area contributed by atoms with Gasteiger partial charge in [0.1, 0.15) is 12.3 Å².